The van der Waals surface area contributed by atoms with E-state index in [-0.39, 0.29) is 0 Å². The molecule has 92 valence electrons. The number of para-hydroxylation sites is 1. The molecule has 1 N–H and O–H groups in total. The molecule has 1 heterocycles. The highest BCUT2D eigenvalue weighted by molar-refractivity contribution is 5.62. The summed E-state index contributed by atoms with van der Waals surface area (Å²) < 4.78 is 5.50. The Balaban J connectivity index is 2.09. The third kappa shape index (κ3) is 1.74. The molecule has 2 aromatic rings. The van der Waals surface area contributed by atoms with Crippen LogP contribution in [0, 0.1) is 6.92 Å². The van der Waals surface area contributed by atoms with Gasteiger partial charge in [0.1, 0.15) is 5.75 Å². The topological polar surface area (TPSA) is 21.3 Å². The molecule has 2 aromatic carbocycles. The number of hydrogen-bond acceptors (Lipinski definition) is 2. The Morgan fingerprint density at radius 3 is 2.78 bits per heavy atom. The fourth-order valence-electron chi connectivity index (χ4n) is 2.69. The summed E-state index contributed by atoms with van der Waals surface area (Å²) in [6.45, 7) is 3.07. The average Bonchev–Trinajstić information content (AvgIpc) is 2.82. The molecule has 2 nitrogen and oxygen atoms in total. The molecule has 2 heteroatoms. The van der Waals surface area contributed by atoms with E-state index < -0.39 is 0 Å². The summed E-state index contributed by atoms with van der Waals surface area (Å²) in [5, 5.41) is 3.46. The molecule has 3 rings (SSSR count). The van der Waals surface area contributed by atoms with Gasteiger partial charge in [0.25, 0.3) is 0 Å². The maximum Gasteiger partial charge on any atom is 0.122 e. The zero-order valence-corrected chi connectivity index (χ0v) is 10.7. The second-order valence-corrected chi connectivity index (χ2v) is 4.77. The van der Waals surface area contributed by atoms with Crippen molar-refractivity contribution in [3.63, 3.8) is 0 Å². The second kappa shape index (κ2) is 4.37. The normalized spacial score (nSPS) is 17.1. The van der Waals surface area contributed by atoms with Gasteiger partial charge in [0, 0.05) is 23.7 Å². The molecule has 0 fully saturated rings. The number of anilines is 1. The highest BCUT2D eigenvalue weighted by Crippen LogP contribution is 2.39. The summed E-state index contributed by atoms with van der Waals surface area (Å²) in [6.07, 6.45) is 0. The van der Waals surface area contributed by atoms with Crippen LogP contribution in [0.5, 0.6) is 5.75 Å². The van der Waals surface area contributed by atoms with Crippen LogP contribution in [0.1, 0.15) is 22.6 Å². The SMILES string of the molecule is COc1ccc(C)cc1C1CNc2ccccc21. The van der Waals surface area contributed by atoms with Crippen molar-refractivity contribution in [2.75, 3.05) is 19.0 Å². The fourth-order valence-corrected chi connectivity index (χ4v) is 2.69. The molecular formula is C16H17NO. The lowest BCUT2D eigenvalue weighted by Gasteiger charge is -2.15. The van der Waals surface area contributed by atoms with Crippen molar-refractivity contribution in [2.45, 2.75) is 12.8 Å². The minimum atomic E-state index is 0.385. The highest BCUT2D eigenvalue weighted by atomic mass is 16.5. The summed E-state index contributed by atoms with van der Waals surface area (Å²) in [6, 6.07) is 14.9. The molecule has 1 aliphatic rings. The number of rotatable bonds is 2. The van der Waals surface area contributed by atoms with Crippen LogP contribution in [0.15, 0.2) is 42.5 Å². The number of nitrogens with one attached hydrogen (secondary N) is 1. The number of ether oxygens (including phenoxy) is 1. The summed E-state index contributed by atoms with van der Waals surface area (Å²) in [5.41, 5.74) is 5.15. The molecule has 1 aliphatic heterocycles. The Bertz CT molecular complexity index is 577. The van der Waals surface area contributed by atoms with Crippen molar-refractivity contribution >= 4 is 5.69 Å². The largest absolute Gasteiger partial charge is 0.496 e. The molecule has 0 aliphatic carbocycles. The lowest BCUT2D eigenvalue weighted by atomic mass is 9.91. The molecule has 0 radical (unpaired) electrons. The second-order valence-electron chi connectivity index (χ2n) is 4.77. The minimum absolute atomic E-state index is 0.385. The maximum absolute atomic E-state index is 5.50. The number of fused-ring (bicyclic) bond motifs is 1. The van der Waals surface area contributed by atoms with Crippen LogP contribution in [0.25, 0.3) is 0 Å². The van der Waals surface area contributed by atoms with Gasteiger partial charge in [0.15, 0.2) is 0 Å². The molecule has 0 spiro atoms. The Labute approximate surface area is 108 Å². The van der Waals surface area contributed by atoms with Gasteiger partial charge in [-0.15, -0.1) is 0 Å². The van der Waals surface area contributed by atoms with Gasteiger partial charge in [-0.1, -0.05) is 35.9 Å². The van der Waals surface area contributed by atoms with Crippen molar-refractivity contribution in [3.8, 4) is 5.75 Å². The molecule has 0 amide bonds. The van der Waals surface area contributed by atoms with E-state index in [0.29, 0.717) is 5.92 Å². The van der Waals surface area contributed by atoms with E-state index in [1.54, 1.807) is 7.11 Å². The molecule has 1 atom stereocenters. The summed E-state index contributed by atoms with van der Waals surface area (Å²) >= 11 is 0. The van der Waals surface area contributed by atoms with E-state index in [1.165, 1.54) is 22.4 Å². The lowest BCUT2D eigenvalue weighted by Crippen LogP contribution is -2.06. The van der Waals surface area contributed by atoms with Gasteiger partial charge >= 0.3 is 0 Å². The fraction of sp³-hybridized carbons (Fsp3) is 0.250. The first kappa shape index (κ1) is 11.1. The standard InChI is InChI=1S/C16H17NO/c1-11-7-8-16(18-2)13(9-11)14-10-17-15-6-4-3-5-12(14)15/h3-9,14,17H,10H2,1-2H3. The maximum atomic E-state index is 5.50. The zero-order chi connectivity index (χ0) is 12.5. The summed E-state index contributed by atoms with van der Waals surface area (Å²) in [5.74, 6) is 1.36. The van der Waals surface area contributed by atoms with Crippen LogP contribution < -0.4 is 10.1 Å². The van der Waals surface area contributed by atoms with Gasteiger partial charge in [0.05, 0.1) is 7.11 Å². The smallest absolute Gasteiger partial charge is 0.122 e. The van der Waals surface area contributed by atoms with Crippen LogP contribution >= 0.6 is 0 Å². The van der Waals surface area contributed by atoms with E-state index in [0.717, 1.165) is 12.3 Å². The first-order valence-electron chi connectivity index (χ1n) is 6.27. The van der Waals surface area contributed by atoms with Crippen LogP contribution in [0.2, 0.25) is 0 Å². The van der Waals surface area contributed by atoms with Gasteiger partial charge in [-0.05, 0) is 24.6 Å². The molecule has 0 bridgehead atoms. The van der Waals surface area contributed by atoms with Crippen LogP contribution in [0.4, 0.5) is 5.69 Å². The summed E-state index contributed by atoms with van der Waals surface area (Å²) in [7, 11) is 1.74. The molecule has 0 saturated heterocycles. The van der Waals surface area contributed by atoms with E-state index in [2.05, 4.69) is 54.7 Å². The van der Waals surface area contributed by atoms with Gasteiger partial charge in [-0.2, -0.15) is 0 Å². The highest BCUT2D eigenvalue weighted by Gasteiger charge is 2.25. The third-order valence-electron chi connectivity index (χ3n) is 3.59. The lowest BCUT2D eigenvalue weighted by molar-refractivity contribution is 0.408. The zero-order valence-electron chi connectivity index (χ0n) is 10.7. The van der Waals surface area contributed by atoms with Crippen LogP contribution in [-0.2, 0) is 0 Å². The first-order valence-corrected chi connectivity index (χ1v) is 6.27. The van der Waals surface area contributed by atoms with Crippen molar-refractivity contribution in [3.05, 3.63) is 59.2 Å². The molecule has 0 saturated carbocycles. The predicted molar refractivity (Wildman–Crippen MR) is 74.5 cm³/mol. The van der Waals surface area contributed by atoms with Gasteiger partial charge in [-0.3, -0.25) is 0 Å². The van der Waals surface area contributed by atoms with Crippen molar-refractivity contribution in [2.24, 2.45) is 0 Å². The van der Waals surface area contributed by atoms with Crippen molar-refractivity contribution in [1.29, 1.82) is 0 Å². The predicted octanol–water partition coefficient (Wildman–Crippen LogP) is 3.56. The Morgan fingerprint density at radius 2 is 1.94 bits per heavy atom. The number of aryl methyl sites for hydroxylation is 1. The van der Waals surface area contributed by atoms with Gasteiger partial charge < -0.3 is 10.1 Å². The number of benzene rings is 2. The Kier molecular flexibility index (Phi) is 2.71. The molecule has 0 aromatic heterocycles. The van der Waals surface area contributed by atoms with Crippen molar-refractivity contribution in [1.82, 2.24) is 0 Å². The monoisotopic (exact) mass is 239 g/mol. The Hall–Kier alpha value is -1.96. The van der Waals surface area contributed by atoms with E-state index in [1.807, 2.05) is 0 Å². The minimum Gasteiger partial charge on any atom is -0.496 e. The van der Waals surface area contributed by atoms with Gasteiger partial charge in [0.2, 0.25) is 0 Å². The van der Waals surface area contributed by atoms with Crippen molar-refractivity contribution < 1.29 is 4.74 Å². The van der Waals surface area contributed by atoms with Crippen LogP contribution in [0.3, 0.4) is 0 Å². The Morgan fingerprint density at radius 1 is 1.11 bits per heavy atom. The van der Waals surface area contributed by atoms with E-state index in [9.17, 15) is 0 Å². The first-order chi connectivity index (χ1) is 8.79. The quantitative estimate of drug-likeness (QED) is 0.865. The third-order valence-corrected chi connectivity index (χ3v) is 3.59. The van der Waals surface area contributed by atoms with Gasteiger partial charge in [-0.25, -0.2) is 0 Å². The molecule has 1 unspecified atom stereocenters. The van der Waals surface area contributed by atoms with Crippen LogP contribution in [-0.4, -0.2) is 13.7 Å². The molecular weight excluding hydrogens is 222 g/mol. The molecule has 18 heavy (non-hydrogen) atoms. The number of hydrogen-bond donors (Lipinski definition) is 1. The average molecular weight is 239 g/mol. The van der Waals surface area contributed by atoms with E-state index in [4.69, 9.17) is 4.74 Å². The van der Waals surface area contributed by atoms with E-state index >= 15 is 0 Å². The summed E-state index contributed by atoms with van der Waals surface area (Å²) in [4.78, 5) is 0. The number of methoxy groups -OCH3 is 1.